The van der Waals surface area contributed by atoms with Crippen LogP contribution in [0.15, 0.2) is 12.5 Å². The first-order valence-electron chi connectivity index (χ1n) is 9.22. The Bertz CT molecular complexity index is 444. The van der Waals surface area contributed by atoms with Crippen LogP contribution in [0.3, 0.4) is 0 Å². The number of carbonyl (C=O) groups is 2. The zero-order chi connectivity index (χ0) is 20.0. The second-order valence-electron chi connectivity index (χ2n) is 4.88. The number of amides is 1. The summed E-state index contributed by atoms with van der Waals surface area (Å²) in [5.74, 6) is 0. The quantitative estimate of drug-likeness (QED) is 0.471. The molecule has 1 heterocycles. The van der Waals surface area contributed by atoms with Gasteiger partial charge < -0.3 is 24.1 Å². The molecule has 0 aliphatic carbocycles. The summed E-state index contributed by atoms with van der Waals surface area (Å²) in [6, 6.07) is 0. The topological polar surface area (TPSA) is 91.7 Å². The number of imidazole rings is 1. The molecule has 8 heteroatoms. The Morgan fingerprint density at radius 2 is 1.92 bits per heavy atom. The van der Waals surface area contributed by atoms with E-state index in [1.165, 1.54) is 6.42 Å². The highest BCUT2D eigenvalue weighted by molar-refractivity contribution is 5.66. The molecule has 0 aromatic carbocycles. The van der Waals surface area contributed by atoms with Gasteiger partial charge in [-0.1, -0.05) is 41.0 Å². The van der Waals surface area contributed by atoms with Crippen LogP contribution in [0.4, 0.5) is 4.79 Å². The largest absolute Gasteiger partial charge is 0.465 e. The van der Waals surface area contributed by atoms with Crippen molar-refractivity contribution in [1.82, 2.24) is 14.9 Å². The van der Waals surface area contributed by atoms with Crippen LogP contribution < -0.4 is 5.32 Å². The van der Waals surface area contributed by atoms with Crippen molar-refractivity contribution in [3.05, 3.63) is 18.2 Å². The molecule has 0 fully saturated rings. The van der Waals surface area contributed by atoms with E-state index in [4.69, 9.17) is 9.47 Å². The van der Waals surface area contributed by atoms with Crippen molar-refractivity contribution >= 4 is 12.6 Å². The standard InChI is InChI=1S/C13H21N3O5.C3H8.C2H6.H2/c1-2-4-21-13(18)14-8-12-9-16(10-15-12)3-5-19-6-7-20-11-17;1-3-2;1-2;/h9-11H,2-8H2,1H3,(H,14,18);3H2,1-2H3;1-2H3;1H. The third-order valence-corrected chi connectivity index (χ3v) is 2.45. The Morgan fingerprint density at radius 1 is 1.23 bits per heavy atom. The molecule has 0 bridgehead atoms. The lowest BCUT2D eigenvalue weighted by Gasteiger charge is -2.04. The normalized spacial score (nSPS) is 9.12. The van der Waals surface area contributed by atoms with Crippen LogP contribution in [-0.4, -0.2) is 48.5 Å². The molecule has 8 nitrogen and oxygen atoms in total. The molecule has 0 aliphatic heterocycles. The molecule has 1 rings (SSSR count). The van der Waals surface area contributed by atoms with Crippen LogP contribution in [0, 0.1) is 0 Å². The Labute approximate surface area is 158 Å². The van der Waals surface area contributed by atoms with E-state index >= 15 is 0 Å². The summed E-state index contributed by atoms with van der Waals surface area (Å²) >= 11 is 0. The van der Waals surface area contributed by atoms with Crippen molar-refractivity contribution in [3.63, 3.8) is 0 Å². The molecule has 1 N–H and O–H groups in total. The van der Waals surface area contributed by atoms with Crippen LogP contribution >= 0.6 is 0 Å². The molecule has 0 saturated carbocycles. The summed E-state index contributed by atoms with van der Waals surface area (Å²) in [7, 11) is 0. The van der Waals surface area contributed by atoms with Gasteiger partial charge in [0.15, 0.2) is 0 Å². The second-order valence-corrected chi connectivity index (χ2v) is 4.88. The first-order valence-corrected chi connectivity index (χ1v) is 9.22. The van der Waals surface area contributed by atoms with E-state index in [0.717, 1.165) is 12.1 Å². The predicted molar refractivity (Wildman–Crippen MR) is 103 cm³/mol. The van der Waals surface area contributed by atoms with Crippen molar-refractivity contribution < 1.29 is 25.2 Å². The van der Waals surface area contributed by atoms with E-state index in [0.29, 0.717) is 39.4 Å². The maximum Gasteiger partial charge on any atom is 0.407 e. The third-order valence-electron chi connectivity index (χ3n) is 2.45. The van der Waals surface area contributed by atoms with Gasteiger partial charge in [0.1, 0.15) is 6.61 Å². The van der Waals surface area contributed by atoms with Gasteiger partial charge in [-0.3, -0.25) is 4.79 Å². The molecule has 0 atom stereocenters. The van der Waals surface area contributed by atoms with Crippen molar-refractivity contribution in [2.45, 2.75) is 60.5 Å². The molecule has 1 aromatic rings. The van der Waals surface area contributed by atoms with Crippen molar-refractivity contribution in [1.29, 1.82) is 0 Å². The lowest BCUT2D eigenvalue weighted by Crippen LogP contribution is -2.24. The highest BCUT2D eigenvalue weighted by Crippen LogP contribution is 1.97. The van der Waals surface area contributed by atoms with Crippen LogP contribution in [0.25, 0.3) is 0 Å². The Balaban J connectivity index is -0.000000870. The van der Waals surface area contributed by atoms with E-state index in [1.54, 1.807) is 6.33 Å². The molecule has 0 aliphatic rings. The molecule has 1 aromatic heterocycles. The van der Waals surface area contributed by atoms with Crippen LogP contribution in [0.5, 0.6) is 0 Å². The second kappa shape index (κ2) is 21.0. The highest BCUT2D eigenvalue weighted by atomic mass is 16.6. The number of hydrogen-bond acceptors (Lipinski definition) is 6. The van der Waals surface area contributed by atoms with E-state index in [9.17, 15) is 9.59 Å². The number of alkyl carbamates (subject to hydrolysis) is 1. The molecular formula is C18H37N3O5. The molecule has 0 saturated heterocycles. The van der Waals surface area contributed by atoms with Gasteiger partial charge in [-0.2, -0.15) is 0 Å². The first kappa shape index (κ1) is 26.1. The lowest BCUT2D eigenvalue weighted by molar-refractivity contribution is -0.130. The third kappa shape index (κ3) is 16.8. The fourth-order valence-corrected chi connectivity index (χ4v) is 1.46. The SMILES string of the molecule is CC.CCC.CCCOC(=O)NCc1cn(CCOCCOC=O)cn1.[HH]. The average molecular weight is 376 g/mol. The molecule has 26 heavy (non-hydrogen) atoms. The van der Waals surface area contributed by atoms with Crippen LogP contribution in [-0.2, 0) is 32.1 Å². The van der Waals surface area contributed by atoms with Gasteiger partial charge in [0.25, 0.3) is 6.47 Å². The van der Waals surface area contributed by atoms with Gasteiger partial charge in [-0.15, -0.1) is 0 Å². The zero-order valence-electron chi connectivity index (χ0n) is 16.8. The first-order chi connectivity index (χ1) is 12.7. The number of nitrogens with zero attached hydrogens (tertiary/aromatic N) is 2. The van der Waals surface area contributed by atoms with Crippen molar-refractivity contribution in [2.75, 3.05) is 26.4 Å². The summed E-state index contributed by atoms with van der Waals surface area (Å²) in [6.07, 6.45) is 5.09. The number of aromatic nitrogens is 2. The van der Waals surface area contributed by atoms with Crippen LogP contribution in [0.1, 0.15) is 54.6 Å². The number of nitrogens with one attached hydrogen (secondary N) is 1. The Hall–Kier alpha value is -2.09. The van der Waals surface area contributed by atoms with Gasteiger partial charge in [0, 0.05) is 14.2 Å². The summed E-state index contributed by atoms with van der Waals surface area (Å²) in [5, 5.41) is 2.62. The highest BCUT2D eigenvalue weighted by Gasteiger charge is 2.03. The minimum absolute atomic E-state index is 0. The molecule has 0 spiro atoms. The van der Waals surface area contributed by atoms with Crippen molar-refractivity contribution in [2.24, 2.45) is 0 Å². The van der Waals surface area contributed by atoms with Gasteiger partial charge in [0.2, 0.25) is 0 Å². The van der Waals surface area contributed by atoms with Gasteiger partial charge in [0.05, 0.1) is 38.4 Å². The maximum absolute atomic E-state index is 11.3. The fourth-order valence-electron chi connectivity index (χ4n) is 1.46. The van der Waals surface area contributed by atoms with Gasteiger partial charge in [-0.05, 0) is 6.42 Å². The number of carbonyl (C=O) groups excluding carboxylic acids is 2. The minimum atomic E-state index is -0.440. The average Bonchev–Trinajstić information content (AvgIpc) is 3.11. The lowest BCUT2D eigenvalue weighted by atomic mass is 10.5. The molecule has 0 radical (unpaired) electrons. The summed E-state index contributed by atoms with van der Waals surface area (Å²) < 4.78 is 16.5. The summed E-state index contributed by atoms with van der Waals surface area (Å²) in [4.78, 5) is 25.3. The number of ether oxygens (including phenoxy) is 3. The predicted octanol–water partition coefficient (Wildman–Crippen LogP) is 3.40. The molecule has 154 valence electrons. The number of rotatable bonds is 11. The monoisotopic (exact) mass is 375 g/mol. The Kier molecular flexibility index (Phi) is 21.1. The van der Waals surface area contributed by atoms with Gasteiger partial charge in [-0.25, -0.2) is 9.78 Å². The zero-order valence-corrected chi connectivity index (χ0v) is 16.8. The summed E-state index contributed by atoms with van der Waals surface area (Å²) in [5.41, 5.74) is 0.743. The van der Waals surface area contributed by atoms with E-state index < -0.39 is 6.09 Å². The van der Waals surface area contributed by atoms with Crippen molar-refractivity contribution in [3.8, 4) is 0 Å². The van der Waals surface area contributed by atoms with E-state index in [1.807, 2.05) is 31.5 Å². The maximum atomic E-state index is 11.3. The number of hydrogen-bond donors (Lipinski definition) is 1. The smallest absolute Gasteiger partial charge is 0.407 e. The van der Waals surface area contributed by atoms with E-state index in [2.05, 4.69) is 28.9 Å². The van der Waals surface area contributed by atoms with Gasteiger partial charge >= 0.3 is 6.09 Å². The fraction of sp³-hybridized carbons (Fsp3) is 0.722. The van der Waals surface area contributed by atoms with Crippen LogP contribution in [0.2, 0.25) is 0 Å². The van der Waals surface area contributed by atoms with E-state index in [-0.39, 0.29) is 8.03 Å². The Morgan fingerprint density at radius 3 is 2.54 bits per heavy atom. The molecule has 1 amide bonds. The molecule has 0 unspecified atom stereocenters. The summed E-state index contributed by atoms with van der Waals surface area (Å²) in [6.45, 7) is 13.0. The molecular weight excluding hydrogens is 338 g/mol. The minimum Gasteiger partial charge on any atom is -0.465 e.